The quantitative estimate of drug-likeness (QED) is 0.473. The standard InChI is InChI=1S/C18H15N3O5S/c1-10-3-5-12(6-4-10)19-18-20-17(23)15(27-18)8-11-7-13(21(24)25)9-14(26-2)16(11)22/h3-9,22H,1-2H3,(H,19,20,23)/b15-8-. The number of methoxy groups -OCH3 is 1. The highest BCUT2D eigenvalue weighted by molar-refractivity contribution is 8.18. The first-order chi connectivity index (χ1) is 12.9. The molecule has 0 bridgehead atoms. The van der Waals surface area contributed by atoms with Gasteiger partial charge < -0.3 is 15.2 Å². The monoisotopic (exact) mass is 385 g/mol. The van der Waals surface area contributed by atoms with Crippen LogP contribution in [-0.4, -0.2) is 28.2 Å². The molecule has 9 heteroatoms. The molecule has 8 nitrogen and oxygen atoms in total. The summed E-state index contributed by atoms with van der Waals surface area (Å²) in [5.74, 6) is -0.739. The molecule has 1 saturated heterocycles. The van der Waals surface area contributed by atoms with Crippen molar-refractivity contribution in [3.05, 3.63) is 62.5 Å². The van der Waals surface area contributed by atoms with Crippen molar-refractivity contribution in [1.82, 2.24) is 5.32 Å². The predicted molar refractivity (Wildman–Crippen MR) is 103 cm³/mol. The fourth-order valence-electron chi connectivity index (χ4n) is 2.34. The second-order valence-electron chi connectivity index (χ2n) is 5.66. The molecule has 2 N–H and O–H groups in total. The van der Waals surface area contributed by atoms with E-state index in [9.17, 15) is 20.0 Å². The van der Waals surface area contributed by atoms with E-state index >= 15 is 0 Å². The molecule has 0 radical (unpaired) electrons. The number of thioether (sulfide) groups is 1. The van der Waals surface area contributed by atoms with Gasteiger partial charge in [0.05, 0.1) is 28.7 Å². The molecule has 0 atom stereocenters. The van der Waals surface area contributed by atoms with Crippen molar-refractivity contribution in [3.63, 3.8) is 0 Å². The molecule has 1 aliphatic rings. The molecule has 1 heterocycles. The fourth-order valence-corrected chi connectivity index (χ4v) is 3.18. The molecule has 0 unspecified atom stereocenters. The number of phenols is 1. The lowest BCUT2D eigenvalue weighted by molar-refractivity contribution is -0.385. The topological polar surface area (TPSA) is 114 Å². The fraction of sp³-hybridized carbons (Fsp3) is 0.111. The average Bonchev–Trinajstić information content (AvgIpc) is 2.97. The third-order valence-electron chi connectivity index (χ3n) is 3.72. The summed E-state index contributed by atoms with van der Waals surface area (Å²) in [6, 6.07) is 9.76. The number of amides is 1. The van der Waals surface area contributed by atoms with Gasteiger partial charge in [-0.05, 0) is 36.9 Å². The van der Waals surface area contributed by atoms with Gasteiger partial charge in [0, 0.05) is 11.6 Å². The van der Waals surface area contributed by atoms with Crippen LogP contribution in [0.3, 0.4) is 0 Å². The highest BCUT2D eigenvalue weighted by atomic mass is 32.2. The number of aromatic hydroxyl groups is 1. The van der Waals surface area contributed by atoms with Crippen molar-refractivity contribution in [2.24, 2.45) is 4.99 Å². The summed E-state index contributed by atoms with van der Waals surface area (Å²) < 4.78 is 4.96. The van der Waals surface area contributed by atoms with E-state index in [1.165, 1.54) is 19.3 Å². The molecule has 3 rings (SSSR count). The van der Waals surface area contributed by atoms with Gasteiger partial charge in [0.15, 0.2) is 16.7 Å². The first kappa shape index (κ1) is 18.5. The minimum Gasteiger partial charge on any atom is -0.504 e. The highest BCUT2D eigenvalue weighted by Crippen LogP contribution is 2.37. The Morgan fingerprint density at radius 2 is 2.00 bits per heavy atom. The second kappa shape index (κ2) is 7.50. The SMILES string of the molecule is COc1cc([N+](=O)[O-])cc(/C=C2\SC(=Nc3ccc(C)cc3)NC2=O)c1O. The zero-order valence-electron chi connectivity index (χ0n) is 14.4. The maximum Gasteiger partial charge on any atom is 0.274 e. The van der Waals surface area contributed by atoms with E-state index in [-0.39, 0.29) is 27.7 Å². The Morgan fingerprint density at radius 3 is 2.63 bits per heavy atom. The number of rotatable bonds is 4. The average molecular weight is 385 g/mol. The smallest absolute Gasteiger partial charge is 0.274 e. The predicted octanol–water partition coefficient (Wildman–Crippen LogP) is 3.51. The number of nitro benzene ring substituents is 1. The van der Waals surface area contributed by atoms with Crippen LogP contribution >= 0.6 is 11.8 Å². The van der Waals surface area contributed by atoms with Crippen LogP contribution in [-0.2, 0) is 4.79 Å². The molecule has 1 aliphatic heterocycles. The molecule has 0 aliphatic carbocycles. The van der Waals surface area contributed by atoms with Gasteiger partial charge >= 0.3 is 0 Å². The van der Waals surface area contributed by atoms with Crippen molar-refractivity contribution in [1.29, 1.82) is 0 Å². The third kappa shape index (κ3) is 4.09. The number of benzene rings is 2. The molecule has 27 heavy (non-hydrogen) atoms. The Balaban J connectivity index is 1.94. The van der Waals surface area contributed by atoms with Gasteiger partial charge in [-0.2, -0.15) is 0 Å². The summed E-state index contributed by atoms with van der Waals surface area (Å²) in [5.41, 5.74) is 1.63. The van der Waals surface area contributed by atoms with Gasteiger partial charge in [-0.15, -0.1) is 0 Å². The summed E-state index contributed by atoms with van der Waals surface area (Å²) in [4.78, 5) is 27.3. The number of ether oxygens (including phenoxy) is 1. The molecule has 1 fully saturated rings. The molecule has 0 saturated carbocycles. The minimum absolute atomic E-state index is 0.0481. The van der Waals surface area contributed by atoms with Crippen molar-refractivity contribution >= 4 is 40.3 Å². The molecule has 2 aromatic rings. The van der Waals surface area contributed by atoms with Crippen molar-refractivity contribution in [2.45, 2.75) is 6.92 Å². The zero-order valence-corrected chi connectivity index (χ0v) is 15.2. The Hall–Kier alpha value is -3.33. The van der Waals surface area contributed by atoms with E-state index in [4.69, 9.17) is 4.74 Å². The van der Waals surface area contributed by atoms with E-state index in [0.29, 0.717) is 10.9 Å². The van der Waals surface area contributed by atoms with Crippen LogP contribution in [0.1, 0.15) is 11.1 Å². The molecular formula is C18H15N3O5S. The Labute approximate surface area is 158 Å². The van der Waals surface area contributed by atoms with Gasteiger partial charge in [-0.3, -0.25) is 14.9 Å². The zero-order chi connectivity index (χ0) is 19.6. The molecule has 1 amide bonds. The van der Waals surface area contributed by atoms with Crippen LogP contribution in [0.5, 0.6) is 11.5 Å². The van der Waals surface area contributed by atoms with E-state index in [1.807, 2.05) is 31.2 Å². The summed E-state index contributed by atoms with van der Waals surface area (Å²) in [7, 11) is 1.29. The van der Waals surface area contributed by atoms with Gasteiger partial charge in [-0.1, -0.05) is 17.7 Å². The van der Waals surface area contributed by atoms with Crippen LogP contribution in [0.25, 0.3) is 6.08 Å². The van der Waals surface area contributed by atoms with Crippen molar-refractivity contribution < 1.29 is 19.6 Å². The number of carbonyl (C=O) groups is 1. The lowest BCUT2D eigenvalue weighted by atomic mass is 10.1. The largest absolute Gasteiger partial charge is 0.504 e. The second-order valence-corrected chi connectivity index (χ2v) is 6.69. The number of phenolic OH excluding ortho intramolecular Hbond substituents is 1. The Morgan fingerprint density at radius 1 is 1.30 bits per heavy atom. The minimum atomic E-state index is -0.601. The van der Waals surface area contributed by atoms with E-state index < -0.39 is 10.8 Å². The van der Waals surface area contributed by atoms with Crippen LogP contribution in [0.2, 0.25) is 0 Å². The molecule has 0 spiro atoms. The molecular weight excluding hydrogens is 370 g/mol. The molecule has 138 valence electrons. The summed E-state index contributed by atoms with van der Waals surface area (Å²) >= 11 is 1.08. The third-order valence-corrected chi connectivity index (χ3v) is 4.63. The number of amidine groups is 1. The number of aliphatic imine (C=N–C) groups is 1. The van der Waals surface area contributed by atoms with Crippen molar-refractivity contribution in [3.8, 4) is 11.5 Å². The van der Waals surface area contributed by atoms with Crippen LogP contribution in [0.4, 0.5) is 11.4 Å². The number of nitrogens with zero attached hydrogens (tertiary/aromatic N) is 2. The molecule has 0 aromatic heterocycles. The van der Waals surface area contributed by atoms with Gasteiger partial charge in [-0.25, -0.2) is 4.99 Å². The van der Waals surface area contributed by atoms with Crippen molar-refractivity contribution in [2.75, 3.05) is 7.11 Å². The lowest BCUT2D eigenvalue weighted by Gasteiger charge is -2.06. The number of carbonyl (C=O) groups excluding carboxylic acids is 1. The highest BCUT2D eigenvalue weighted by Gasteiger charge is 2.25. The summed E-state index contributed by atoms with van der Waals surface area (Å²) in [6.07, 6.45) is 1.36. The first-order valence-corrected chi connectivity index (χ1v) is 8.60. The van der Waals surface area contributed by atoms with Crippen LogP contribution < -0.4 is 10.1 Å². The Kier molecular flexibility index (Phi) is 5.13. The normalized spacial score (nSPS) is 16.6. The number of aryl methyl sites for hydroxylation is 1. The number of hydrogen-bond donors (Lipinski definition) is 2. The van der Waals surface area contributed by atoms with Crippen LogP contribution in [0.15, 0.2) is 46.3 Å². The van der Waals surface area contributed by atoms with Crippen LogP contribution in [0, 0.1) is 17.0 Å². The summed E-state index contributed by atoms with van der Waals surface area (Å²) in [5, 5.41) is 24.3. The number of hydrogen-bond acceptors (Lipinski definition) is 7. The van der Waals surface area contributed by atoms with Gasteiger partial charge in [0.1, 0.15) is 0 Å². The van der Waals surface area contributed by atoms with E-state index in [2.05, 4.69) is 10.3 Å². The maximum atomic E-state index is 12.2. The van der Waals surface area contributed by atoms with E-state index in [0.717, 1.165) is 23.4 Å². The number of nitrogens with one attached hydrogen (secondary N) is 1. The van der Waals surface area contributed by atoms with E-state index in [1.54, 1.807) is 0 Å². The molecule has 2 aromatic carbocycles. The first-order valence-electron chi connectivity index (χ1n) is 7.79. The number of non-ortho nitro benzene ring substituents is 1. The van der Waals surface area contributed by atoms with Gasteiger partial charge in [0.2, 0.25) is 0 Å². The van der Waals surface area contributed by atoms with Gasteiger partial charge in [0.25, 0.3) is 11.6 Å². The number of nitro groups is 1. The summed E-state index contributed by atoms with van der Waals surface area (Å²) in [6.45, 7) is 1.96. The Bertz CT molecular complexity index is 983. The maximum absolute atomic E-state index is 12.2. The lowest BCUT2D eigenvalue weighted by Crippen LogP contribution is -2.19.